The molecule has 0 saturated carbocycles. The van der Waals surface area contributed by atoms with Crippen LogP contribution in [0.5, 0.6) is 0 Å². The summed E-state index contributed by atoms with van der Waals surface area (Å²) >= 11 is 0. The highest BCUT2D eigenvalue weighted by atomic mass is 19.1. The maximum Gasteiger partial charge on any atom is 0.282 e. The van der Waals surface area contributed by atoms with Crippen LogP contribution in [0.3, 0.4) is 0 Å². The Morgan fingerprint density at radius 3 is 2.10 bits per heavy atom. The molecule has 0 atom stereocenters. The van der Waals surface area contributed by atoms with Crippen LogP contribution in [0.4, 0.5) is 15.8 Å². The van der Waals surface area contributed by atoms with Crippen molar-refractivity contribution in [1.82, 2.24) is 0 Å². The Bertz CT molecular complexity index is 1090. The van der Waals surface area contributed by atoms with Crippen molar-refractivity contribution in [3.63, 3.8) is 0 Å². The molecule has 1 aliphatic rings. The van der Waals surface area contributed by atoms with Crippen molar-refractivity contribution in [3.05, 3.63) is 102 Å². The second kappa shape index (κ2) is 7.72. The van der Waals surface area contributed by atoms with Crippen molar-refractivity contribution in [1.29, 1.82) is 0 Å². The van der Waals surface area contributed by atoms with Gasteiger partial charge in [0, 0.05) is 5.69 Å². The van der Waals surface area contributed by atoms with E-state index in [2.05, 4.69) is 12.2 Å². The van der Waals surface area contributed by atoms with Gasteiger partial charge in [0.25, 0.3) is 11.8 Å². The van der Waals surface area contributed by atoms with Crippen molar-refractivity contribution in [3.8, 4) is 0 Å². The molecule has 0 unspecified atom stereocenters. The van der Waals surface area contributed by atoms with Crippen molar-refractivity contribution >= 4 is 28.8 Å². The quantitative estimate of drug-likeness (QED) is 0.642. The Morgan fingerprint density at radius 2 is 1.48 bits per heavy atom. The third-order valence-electron chi connectivity index (χ3n) is 4.86. The van der Waals surface area contributed by atoms with E-state index in [1.54, 1.807) is 12.1 Å². The van der Waals surface area contributed by atoms with Crippen molar-refractivity contribution in [2.24, 2.45) is 0 Å². The van der Waals surface area contributed by atoms with E-state index in [4.69, 9.17) is 0 Å². The Kier molecular flexibility index (Phi) is 4.96. The standard InChI is InChI=1S/C24H19FN2O2/c1-2-16-8-12-19(13-9-16)26-22-21(17-6-4-3-5-7-17)23(28)27(24(22)29)20-14-10-18(25)11-15-20/h3-15,26H,2H2,1H3. The van der Waals surface area contributed by atoms with Gasteiger partial charge in [-0.1, -0.05) is 49.4 Å². The van der Waals surface area contributed by atoms with Crippen LogP contribution in [0.1, 0.15) is 18.1 Å². The molecule has 144 valence electrons. The van der Waals surface area contributed by atoms with E-state index in [0.29, 0.717) is 22.5 Å². The monoisotopic (exact) mass is 386 g/mol. The van der Waals surface area contributed by atoms with Crippen LogP contribution in [-0.4, -0.2) is 11.8 Å². The van der Waals surface area contributed by atoms with Gasteiger partial charge in [-0.25, -0.2) is 9.29 Å². The SMILES string of the molecule is CCc1ccc(NC2=C(c3ccccc3)C(=O)N(c3ccc(F)cc3)C2=O)cc1. The summed E-state index contributed by atoms with van der Waals surface area (Å²) in [6, 6.07) is 22.1. The van der Waals surface area contributed by atoms with Crippen LogP contribution in [0.15, 0.2) is 84.6 Å². The van der Waals surface area contributed by atoms with Crippen LogP contribution in [0, 0.1) is 5.82 Å². The number of hydrogen-bond donors (Lipinski definition) is 1. The highest BCUT2D eigenvalue weighted by Crippen LogP contribution is 2.33. The summed E-state index contributed by atoms with van der Waals surface area (Å²) in [6.07, 6.45) is 0.911. The molecule has 0 radical (unpaired) electrons. The van der Waals surface area contributed by atoms with Crippen LogP contribution >= 0.6 is 0 Å². The molecule has 0 spiro atoms. The molecular formula is C24H19FN2O2. The van der Waals surface area contributed by atoms with Crippen molar-refractivity contribution < 1.29 is 14.0 Å². The van der Waals surface area contributed by atoms with Gasteiger partial charge in [0.05, 0.1) is 11.3 Å². The molecular weight excluding hydrogens is 367 g/mol. The summed E-state index contributed by atoms with van der Waals surface area (Å²) in [5.41, 5.74) is 3.35. The predicted octanol–water partition coefficient (Wildman–Crippen LogP) is 4.78. The van der Waals surface area contributed by atoms with Crippen LogP contribution in [0.2, 0.25) is 0 Å². The lowest BCUT2D eigenvalue weighted by molar-refractivity contribution is -0.120. The Balaban J connectivity index is 1.77. The Hall–Kier alpha value is -3.73. The number of amides is 2. The number of rotatable bonds is 5. The van der Waals surface area contributed by atoms with E-state index in [1.165, 1.54) is 29.8 Å². The zero-order valence-electron chi connectivity index (χ0n) is 15.9. The summed E-state index contributed by atoms with van der Waals surface area (Å²) in [5.74, 6) is -1.35. The van der Waals surface area contributed by atoms with Crippen molar-refractivity contribution in [2.45, 2.75) is 13.3 Å². The topological polar surface area (TPSA) is 49.4 Å². The number of anilines is 2. The molecule has 0 aromatic heterocycles. The van der Waals surface area contributed by atoms with Gasteiger partial charge in [-0.2, -0.15) is 0 Å². The number of halogens is 1. The average Bonchev–Trinajstić information content (AvgIpc) is 2.99. The number of carbonyl (C=O) groups is 2. The first-order chi connectivity index (χ1) is 14.1. The number of nitrogens with zero attached hydrogens (tertiary/aromatic N) is 1. The van der Waals surface area contributed by atoms with Crippen LogP contribution in [0.25, 0.3) is 5.57 Å². The van der Waals surface area contributed by atoms with Gasteiger partial charge in [0.1, 0.15) is 11.5 Å². The molecule has 1 N–H and O–H groups in total. The molecule has 1 heterocycles. The van der Waals surface area contributed by atoms with Gasteiger partial charge in [-0.15, -0.1) is 0 Å². The van der Waals surface area contributed by atoms with Gasteiger partial charge >= 0.3 is 0 Å². The summed E-state index contributed by atoms with van der Waals surface area (Å²) < 4.78 is 13.3. The smallest absolute Gasteiger partial charge is 0.282 e. The molecule has 0 saturated heterocycles. The molecule has 4 nitrogen and oxygen atoms in total. The highest BCUT2D eigenvalue weighted by Gasteiger charge is 2.40. The van der Waals surface area contributed by atoms with E-state index >= 15 is 0 Å². The van der Waals surface area contributed by atoms with Gasteiger partial charge < -0.3 is 5.32 Å². The first-order valence-electron chi connectivity index (χ1n) is 9.38. The minimum absolute atomic E-state index is 0.203. The number of imide groups is 1. The predicted molar refractivity (Wildman–Crippen MR) is 112 cm³/mol. The molecule has 0 bridgehead atoms. The first kappa shape index (κ1) is 18.6. The first-order valence-corrected chi connectivity index (χ1v) is 9.38. The summed E-state index contributed by atoms with van der Waals surface area (Å²) in [5, 5.41) is 3.13. The second-order valence-corrected chi connectivity index (χ2v) is 6.71. The number of nitrogens with one attached hydrogen (secondary N) is 1. The summed E-state index contributed by atoms with van der Waals surface area (Å²) in [7, 11) is 0. The van der Waals surface area contributed by atoms with Crippen molar-refractivity contribution in [2.75, 3.05) is 10.2 Å². The fourth-order valence-corrected chi connectivity index (χ4v) is 3.31. The molecule has 1 aliphatic heterocycles. The lowest BCUT2D eigenvalue weighted by Gasteiger charge is -2.15. The van der Waals surface area contributed by atoms with Crippen LogP contribution < -0.4 is 10.2 Å². The Labute approximate surface area is 168 Å². The fraction of sp³-hybridized carbons (Fsp3) is 0.0833. The summed E-state index contributed by atoms with van der Waals surface area (Å²) in [6.45, 7) is 2.07. The zero-order chi connectivity index (χ0) is 20.4. The third kappa shape index (κ3) is 3.55. The number of carbonyl (C=O) groups excluding carboxylic acids is 2. The van der Waals surface area contributed by atoms with E-state index in [-0.39, 0.29) is 5.70 Å². The summed E-state index contributed by atoms with van der Waals surface area (Å²) in [4.78, 5) is 27.5. The number of hydrogen-bond acceptors (Lipinski definition) is 3. The zero-order valence-corrected chi connectivity index (χ0v) is 15.9. The highest BCUT2D eigenvalue weighted by molar-refractivity contribution is 6.46. The molecule has 29 heavy (non-hydrogen) atoms. The molecule has 5 heteroatoms. The number of benzene rings is 3. The van der Waals surface area contributed by atoms with E-state index in [0.717, 1.165) is 11.3 Å². The lowest BCUT2D eigenvalue weighted by Crippen LogP contribution is -2.32. The molecule has 3 aromatic carbocycles. The van der Waals surface area contributed by atoms with Gasteiger partial charge in [-0.05, 0) is 53.9 Å². The fourth-order valence-electron chi connectivity index (χ4n) is 3.31. The van der Waals surface area contributed by atoms with E-state index in [9.17, 15) is 14.0 Å². The number of aryl methyl sites for hydroxylation is 1. The molecule has 3 aromatic rings. The van der Waals surface area contributed by atoms with Gasteiger partial charge in [0.15, 0.2) is 0 Å². The lowest BCUT2D eigenvalue weighted by atomic mass is 10.0. The van der Waals surface area contributed by atoms with Gasteiger partial charge in [-0.3, -0.25) is 9.59 Å². The van der Waals surface area contributed by atoms with Crippen LogP contribution in [-0.2, 0) is 16.0 Å². The maximum absolute atomic E-state index is 13.3. The molecule has 0 aliphatic carbocycles. The Morgan fingerprint density at radius 1 is 0.828 bits per heavy atom. The molecule has 2 amide bonds. The third-order valence-corrected chi connectivity index (χ3v) is 4.86. The van der Waals surface area contributed by atoms with E-state index < -0.39 is 17.6 Å². The molecule has 4 rings (SSSR count). The van der Waals surface area contributed by atoms with Gasteiger partial charge in [0.2, 0.25) is 0 Å². The normalized spacial score (nSPS) is 13.9. The minimum atomic E-state index is -0.472. The minimum Gasteiger partial charge on any atom is -0.350 e. The second-order valence-electron chi connectivity index (χ2n) is 6.71. The average molecular weight is 386 g/mol. The molecule has 0 fully saturated rings. The largest absolute Gasteiger partial charge is 0.350 e. The maximum atomic E-state index is 13.3. The van der Waals surface area contributed by atoms with E-state index in [1.807, 2.05) is 42.5 Å².